The number of piperidine rings is 1. The van der Waals surface area contributed by atoms with Gasteiger partial charge in [-0.2, -0.15) is 0 Å². The van der Waals surface area contributed by atoms with E-state index in [1.165, 1.54) is 4.88 Å². The summed E-state index contributed by atoms with van der Waals surface area (Å²) in [5.74, 6) is 0.544. The largest absolute Gasteiger partial charge is 0.340 e. The smallest absolute Gasteiger partial charge is 0.227 e. The van der Waals surface area contributed by atoms with Crippen molar-refractivity contribution in [1.29, 1.82) is 0 Å². The number of amides is 1. The van der Waals surface area contributed by atoms with E-state index in [-0.39, 0.29) is 30.7 Å². The quantitative estimate of drug-likeness (QED) is 0.847. The Morgan fingerprint density at radius 3 is 2.57 bits per heavy atom. The highest BCUT2D eigenvalue weighted by molar-refractivity contribution is 7.16. The molecular formula is C15H24Cl3N3OS. The molecule has 2 aliphatic heterocycles. The highest BCUT2D eigenvalue weighted by atomic mass is 35.5. The Labute approximate surface area is 159 Å². The van der Waals surface area contributed by atoms with Gasteiger partial charge in [0.25, 0.3) is 0 Å². The Hall–Kier alpha value is -0.0400. The van der Waals surface area contributed by atoms with Gasteiger partial charge in [0, 0.05) is 44.1 Å². The second kappa shape index (κ2) is 10.1. The molecule has 3 heterocycles. The van der Waals surface area contributed by atoms with Gasteiger partial charge in [0.1, 0.15) is 0 Å². The molecule has 8 heteroatoms. The third-order valence-corrected chi connectivity index (χ3v) is 5.55. The number of carbonyl (C=O) groups is 1. The van der Waals surface area contributed by atoms with E-state index in [1.54, 1.807) is 11.3 Å². The average Bonchev–Trinajstić information content (AvgIpc) is 2.93. The van der Waals surface area contributed by atoms with E-state index >= 15 is 0 Å². The highest BCUT2D eigenvalue weighted by Gasteiger charge is 2.28. The molecule has 1 aromatic rings. The molecule has 2 fully saturated rings. The van der Waals surface area contributed by atoms with Crippen molar-refractivity contribution in [3.05, 3.63) is 21.3 Å². The van der Waals surface area contributed by atoms with Crippen molar-refractivity contribution in [1.82, 2.24) is 15.1 Å². The molecule has 3 rings (SSSR count). The molecule has 1 N–H and O–H groups in total. The van der Waals surface area contributed by atoms with E-state index in [4.69, 9.17) is 11.6 Å². The fourth-order valence-corrected chi connectivity index (χ4v) is 4.23. The SMILES string of the molecule is Cl.Cl.O=C(C1CCCNC1)N1CCN(Cc2ccc(Cl)s2)CC1. The minimum Gasteiger partial charge on any atom is -0.340 e. The molecule has 4 nitrogen and oxygen atoms in total. The fourth-order valence-electron chi connectivity index (χ4n) is 3.10. The summed E-state index contributed by atoms with van der Waals surface area (Å²) in [6.45, 7) is 6.49. The summed E-state index contributed by atoms with van der Waals surface area (Å²) in [6.07, 6.45) is 2.16. The number of rotatable bonds is 3. The van der Waals surface area contributed by atoms with Crippen molar-refractivity contribution in [3.8, 4) is 0 Å². The molecule has 2 saturated heterocycles. The first-order chi connectivity index (χ1) is 10.2. The van der Waals surface area contributed by atoms with Crippen LogP contribution in [0.4, 0.5) is 0 Å². The first-order valence-corrected chi connectivity index (χ1v) is 8.88. The number of halogens is 3. The van der Waals surface area contributed by atoms with Gasteiger partial charge in [0.15, 0.2) is 0 Å². The maximum atomic E-state index is 12.5. The van der Waals surface area contributed by atoms with Gasteiger partial charge in [-0.25, -0.2) is 0 Å². The summed E-state index contributed by atoms with van der Waals surface area (Å²) in [5, 5.41) is 3.33. The summed E-state index contributed by atoms with van der Waals surface area (Å²) in [4.78, 5) is 18.2. The van der Waals surface area contributed by atoms with E-state index in [2.05, 4.69) is 21.2 Å². The molecule has 0 saturated carbocycles. The zero-order valence-corrected chi connectivity index (χ0v) is 16.2. The molecule has 0 radical (unpaired) electrons. The molecule has 0 spiro atoms. The number of hydrogen-bond donors (Lipinski definition) is 1. The topological polar surface area (TPSA) is 35.6 Å². The highest BCUT2D eigenvalue weighted by Crippen LogP contribution is 2.23. The Kier molecular flexibility index (Phi) is 9.19. The van der Waals surface area contributed by atoms with Crippen LogP contribution in [0.15, 0.2) is 12.1 Å². The average molecular weight is 401 g/mol. The van der Waals surface area contributed by atoms with Crippen LogP contribution in [0.25, 0.3) is 0 Å². The van der Waals surface area contributed by atoms with Crippen LogP contribution in [-0.4, -0.2) is 55.0 Å². The number of hydrogen-bond acceptors (Lipinski definition) is 4. The molecule has 0 bridgehead atoms. The Morgan fingerprint density at radius 2 is 2.00 bits per heavy atom. The van der Waals surface area contributed by atoms with Crippen molar-refractivity contribution >= 4 is 53.7 Å². The standard InChI is InChI=1S/C15H22ClN3OS.2ClH/c16-14-4-3-13(21-14)11-18-6-8-19(9-7-18)15(20)12-2-1-5-17-10-12;;/h3-4,12,17H,1-2,5-11H2;2*1H. The van der Waals surface area contributed by atoms with Crippen LogP contribution in [0.5, 0.6) is 0 Å². The summed E-state index contributed by atoms with van der Waals surface area (Å²) < 4.78 is 0.851. The van der Waals surface area contributed by atoms with Gasteiger partial charge >= 0.3 is 0 Å². The summed E-state index contributed by atoms with van der Waals surface area (Å²) in [7, 11) is 0. The van der Waals surface area contributed by atoms with Crippen molar-refractivity contribution in [3.63, 3.8) is 0 Å². The predicted molar refractivity (Wildman–Crippen MR) is 101 cm³/mol. The zero-order chi connectivity index (χ0) is 14.7. The van der Waals surface area contributed by atoms with Crippen LogP contribution in [0, 0.1) is 5.92 Å². The lowest BCUT2D eigenvalue weighted by molar-refractivity contribution is -0.137. The van der Waals surface area contributed by atoms with Crippen LogP contribution in [0.1, 0.15) is 17.7 Å². The number of carbonyl (C=O) groups excluding carboxylic acids is 1. The second-order valence-electron chi connectivity index (χ2n) is 5.85. The summed E-state index contributed by atoms with van der Waals surface area (Å²) in [6, 6.07) is 4.05. The zero-order valence-electron chi connectivity index (χ0n) is 13.0. The molecule has 132 valence electrons. The van der Waals surface area contributed by atoms with Crippen LogP contribution < -0.4 is 5.32 Å². The molecule has 1 amide bonds. The van der Waals surface area contributed by atoms with Gasteiger partial charge in [0.05, 0.1) is 10.3 Å². The maximum Gasteiger partial charge on any atom is 0.227 e. The minimum atomic E-state index is 0. The van der Waals surface area contributed by atoms with E-state index < -0.39 is 0 Å². The van der Waals surface area contributed by atoms with Crippen molar-refractivity contribution in [2.45, 2.75) is 19.4 Å². The second-order valence-corrected chi connectivity index (χ2v) is 7.65. The summed E-state index contributed by atoms with van der Waals surface area (Å²) >= 11 is 7.62. The molecule has 0 aromatic carbocycles. The van der Waals surface area contributed by atoms with Gasteiger partial charge in [-0.05, 0) is 31.5 Å². The first kappa shape index (κ1) is 21.0. The molecule has 1 aromatic heterocycles. The molecule has 0 aliphatic carbocycles. The van der Waals surface area contributed by atoms with E-state index in [9.17, 15) is 4.79 Å². The Balaban J connectivity index is 0.00000132. The lowest BCUT2D eigenvalue weighted by Crippen LogP contribution is -2.51. The van der Waals surface area contributed by atoms with Gasteiger partial charge in [0.2, 0.25) is 5.91 Å². The molecule has 1 unspecified atom stereocenters. The molecule has 23 heavy (non-hydrogen) atoms. The van der Waals surface area contributed by atoms with E-state index in [0.29, 0.717) is 5.91 Å². The first-order valence-electron chi connectivity index (χ1n) is 7.68. The monoisotopic (exact) mass is 399 g/mol. The van der Waals surface area contributed by atoms with E-state index in [1.807, 2.05) is 6.07 Å². The van der Waals surface area contributed by atoms with Crippen LogP contribution in [0.2, 0.25) is 4.34 Å². The van der Waals surface area contributed by atoms with Crippen molar-refractivity contribution in [2.75, 3.05) is 39.3 Å². The molecule has 2 aliphatic rings. The Bertz CT molecular complexity index is 486. The van der Waals surface area contributed by atoms with Crippen LogP contribution in [-0.2, 0) is 11.3 Å². The lowest BCUT2D eigenvalue weighted by atomic mass is 9.98. The number of piperazine rings is 1. The van der Waals surface area contributed by atoms with Crippen molar-refractivity contribution in [2.24, 2.45) is 5.92 Å². The van der Waals surface area contributed by atoms with Crippen molar-refractivity contribution < 1.29 is 4.79 Å². The fraction of sp³-hybridized carbons (Fsp3) is 0.667. The minimum absolute atomic E-state index is 0. The van der Waals surface area contributed by atoms with Gasteiger partial charge in [-0.3, -0.25) is 9.69 Å². The molecule has 1 atom stereocenters. The molecular weight excluding hydrogens is 377 g/mol. The number of nitrogens with one attached hydrogen (secondary N) is 1. The van der Waals surface area contributed by atoms with Crippen LogP contribution in [0.3, 0.4) is 0 Å². The number of nitrogens with zero attached hydrogens (tertiary/aromatic N) is 2. The van der Waals surface area contributed by atoms with Gasteiger partial charge < -0.3 is 10.2 Å². The third-order valence-electron chi connectivity index (χ3n) is 4.34. The maximum absolute atomic E-state index is 12.5. The number of thiophene rings is 1. The van der Waals surface area contributed by atoms with Gasteiger partial charge in [-0.1, -0.05) is 11.6 Å². The van der Waals surface area contributed by atoms with Crippen LogP contribution >= 0.6 is 47.8 Å². The lowest BCUT2D eigenvalue weighted by Gasteiger charge is -2.37. The van der Waals surface area contributed by atoms with E-state index in [0.717, 1.165) is 63.0 Å². The normalized spacial score (nSPS) is 22.1. The Morgan fingerprint density at radius 1 is 1.26 bits per heavy atom. The third kappa shape index (κ3) is 5.76. The predicted octanol–water partition coefficient (Wildman–Crippen LogP) is 2.89. The van der Waals surface area contributed by atoms with Gasteiger partial charge in [-0.15, -0.1) is 36.2 Å². The summed E-state index contributed by atoms with van der Waals surface area (Å²) in [5.41, 5.74) is 0.